The number of furan rings is 1. The molecule has 0 spiro atoms. The van der Waals surface area contributed by atoms with Gasteiger partial charge in [-0.25, -0.2) is 9.79 Å². The number of methoxy groups -OCH3 is 2. The number of fused-ring (bicyclic) bond motifs is 1. The molecule has 11 nitrogen and oxygen atoms in total. The van der Waals surface area contributed by atoms with Gasteiger partial charge >= 0.3 is 5.97 Å². The molecule has 1 unspecified atom stereocenters. The van der Waals surface area contributed by atoms with Gasteiger partial charge < -0.3 is 18.6 Å². The molecule has 3 heterocycles. The molecule has 0 saturated carbocycles. The maximum Gasteiger partial charge on any atom is 0.338 e. The van der Waals surface area contributed by atoms with Gasteiger partial charge in [0, 0.05) is 29.3 Å². The molecule has 0 radical (unpaired) electrons. The Kier molecular flexibility index (Phi) is 7.58. The highest BCUT2D eigenvalue weighted by Crippen LogP contribution is 2.38. The number of ether oxygens (including phenoxy) is 3. The monoisotopic (exact) mass is 575 g/mol. The second-order valence-electron chi connectivity index (χ2n) is 8.92. The highest BCUT2D eigenvalue weighted by molar-refractivity contribution is 7.07. The molecule has 1 atom stereocenters. The molecule has 1 aliphatic rings. The number of esters is 1. The number of nitro groups is 1. The topological polar surface area (TPSA) is 135 Å². The van der Waals surface area contributed by atoms with E-state index < -0.39 is 16.9 Å². The van der Waals surface area contributed by atoms with Gasteiger partial charge in [0.15, 0.2) is 4.80 Å². The third kappa shape index (κ3) is 5.16. The number of aromatic nitrogens is 1. The number of hydrogen-bond acceptors (Lipinski definition) is 10. The molecule has 2 aromatic heterocycles. The van der Waals surface area contributed by atoms with E-state index in [-0.39, 0.29) is 23.4 Å². The lowest BCUT2D eigenvalue weighted by Gasteiger charge is -2.26. The van der Waals surface area contributed by atoms with Gasteiger partial charge in [-0.15, -0.1) is 0 Å². The van der Waals surface area contributed by atoms with Crippen molar-refractivity contribution in [2.24, 2.45) is 4.99 Å². The van der Waals surface area contributed by atoms with Crippen LogP contribution in [0.4, 0.5) is 5.69 Å². The van der Waals surface area contributed by atoms with Gasteiger partial charge in [-0.1, -0.05) is 11.3 Å². The standard InChI is InChI=1S/C29H25N3O8S/c1-5-39-28(34)25-16(2)30-29-31(26(25)21-14-19(37-3)10-13-23(21)38-4)27(33)24(41-29)15-20-11-12-22(40-20)17-6-8-18(9-7-17)32(35)36/h6-15,26H,5H2,1-4H3/b24-15-. The van der Waals surface area contributed by atoms with E-state index in [0.717, 1.165) is 11.3 Å². The summed E-state index contributed by atoms with van der Waals surface area (Å²) in [6.45, 7) is 3.56. The van der Waals surface area contributed by atoms with E-state index in [1.165, 1.54) is 30.9 Å². The van der Waals surface area contributed by atoms with Gasteiger partial charge in [-0.3, -0.25) is 19.5 Å². The summed E-state index contributed by atoms with van der Waals surface area (Å²) in [5.74, 6) is 1.28. The van der Waals surface area contributed by atoms with E-state index in [4.69, 9.17) is 18.6 Å². The number of thiazole rings is 1. The van der Waals surface area contributed by atoms with E-state index in [9.17, 15) is 19.7 Å². The Morgan fingerprint density at radius 3 is 2.56 bits per heavy atom. The molecule has 41 heavy (non-hydrogen) atoms. The van der Waals surface area contributed by atoms with Gasteiger partial charge in [0.05, 0.1) is 41.6 Å². The summed E-state index contributed by atoms with van der Waals surface area (Å²) in [5, 5.41) is 11.0. The number of rotatable bonds is 8. The molecule has 210 valence electrons. The van der Waals surface area contributed by atoms with Gasteiger partial charge in [0.2, 0.25) is 0 Å². The van der Waals surface area contributed by atoms with Crippen molar-refractivity contribution >= 4 is 29.1 Å². The van der Waals surface area contributed by atoms with E-state index >= 15 is 0 Å². The van der Waals surface area contributed by atoms with Gasteiger partial charge in [0.1, 0.15) is 29.1 Å². The smallest absolute Gasteiger partial charge is 0.338 e. The molecular weight excluding hydrogens is 550 g/mol. The highest BCUT2D eigenvalue weighted by atomic mass is 32.1. The molecule has 0 N–H and O–H groups in total. The lowest BCUT2D eigenvalue weighted by Crippen LogP contribution is -2.40. The van der Waals surface area contributed by atoms with Crippen molar-refractivity contribution in [1.29, 1.82) is 0 Å². The van der Waals surface area contributed by atoms with Crippen LogP contribution in [0.15, 0.2) is 80.1 Å². The molecule has 0 amide bonds. The van der Waals surface area contributed by atoms with E-state index in [2.05, 4.69) is 4.99 Å². The fourth-order valence-corrected chi connectivity index (χ4v) is 5.63. The van der Waals surface area contributed by atoms with Crippen molar-refractivity contribution in [3.63, 3.8) is 0 Å². The zero-order chi connectivity index (χ0) is 29.3. The Hall–Kier alpha value is -4.97. The van der Waals surface area contributed by atoms with Gasteiger partial charge in [-0.05, 0) is 56.3 Å². The van der Waals surface area contributed by atoms with Crippen molar-refractivity contribution < 1.29 is 28.3 Å². The molecule has 5 rings (SSSR count). The van der Waals surface area contributed by atoms with Crippen LogP contribution in [0.3, 0.4) is 0 Å². The average Bonchev–Trinajstić information content (AvgIpc) is 3.56. The maximum atomic E-state index is 13.9. The summed E-state index contributed by atoms with van der Waals surface area (Å²) < 4.78 is 24.1. The highest BCUT2D eigenvalue weighted by Gasteiger charge is 2.35. The number of non-ortho nitro benzene ring substituents is 1. The summed E-state index contributed by atoms with van der Waals surface area (Å²) in [4.78, 5) is 42.5. The molecule has 12 heteroatoms. The lowest BCUT2D eigenvalue weighted by molar-refractivity contribution is -0.384. The molecular formula is C29H25N3O8S. The molecule has 1 aliphatic heterocycles. The number of allylic oxidation sites excluding steroid dienone is 1. The Bertz CT molecular complexity index is 1860. The van der Waals surface area contributed by atoms with E-state index in [0.29, 0.717) is 49.2 Å². The molecule has 2 aromatic carbocycles. The Balaban J connectivity index is 1.64. The third-order valence-electron chi connectivity index (χ3n) is 6.51. The molecule has 0 aliphatic carbocycles. The van der Waals surface area contributed by atoms with E-state index in [1.54, 1.807) is 62.4 Å². The van der Waals surface area contributed by atoms with Crippen molar-refractivity contribution in [3.05, 3.63) is 107 Å². The first-order valence-corrected chi connectivity index (χ1v) is 13.3. The second-order valence-corrected chi connectivity index (χ2v) is 9.93. The SMILES string of the molecule is CCOC(=O)C1=C(C)N=c2s/c(=C\c3ccc(-c4ccc([N+](=O)[O-])cc4)o3)c(=O)n2C1c1cc(OC)ccc1OC. The Morgan fingerprint density at radius 1 is 1.15 bits per heavy atom. The first kappa shape index (κ1) is 27.6. The van der Waals surface area contributed by atoms with Crippen LogP contribution in [0, 0.1) is 10.1 Å². The van der Waals surface area contributed by atoms with Gasteiger partial charge in [0.25, 0.3) is 11.2 Å². The van der Waals surface area contributed by atoms with Crippen LogP contribution < -0.4 is 24.4 Å². The number of carbonyl (C=O) groups is 1. The van der Waals surface area contributed by atoms with Crippen molar-refractivity contribution in [3.8, 4) is 22.8 Å². The second kappa shape index (κ2) is 11.3. The normalized spacial score (nSPS) is 14.8. The first-order chi connectivity index (χ1) is 19.7. The van der Waals surface area contributed by atoms with Crippen LogP contribution in [0.2, 0.25) is 0 Å². The Labute approximate surface area is 237 Å². The predicted octanol–water partition coefficient (Wildman–Crippen LogP) is 3.98. The largest absolute Gasteiger partial charge is 0.497 e. The van der Waals surface area contributed by atoms with Crippen LogP contribution in [0.1, 0.15) is 31.2 Å². The quantitative estimate of drug-likeness (QED) is 0.175. The van der Waals surface area contributed by atoms with Crippen LogP contribution >= 0.6 is 11.3 Å². The summed E-state index contributed by atoms with van der Waals surface area (Å²) in [6.07, 6.45) is 1.60. The van der Waals surface area contributed by atoms with E-state index in [1.807, 2.05) is 0 Å². The lowest BCUT2D eigenvalue weighted by atomic mass is 9.95. The first-order valence-electron chi connectivity index (χ1n) is 12.5. The molecule has 4 aromatic rings. The minimum atomic E-state index is -0.884. The van der Waals surface area contributed by atoms with Crippen LogP contribution in [-0.2, 0) is 9.53 Å². The van der Waals surface area contributed by atoms with Crippen LogP contribution in [0.25, 0.3) is 17.4 Å². The molecule has 0 saturated heterocycles. The number of hydrogen-bond donors (Lipinski definition) is 0. The van der Waals surface area contributed by atoms with Crippen molar-refractivity contribution in [1.82, 2.24) is 4.57 Å². The molecule has 0 bridgehead atoms. The predicted molar refractivity (Wildman–Crippen MR) is 151 cm³/mol. The zero-order valence-electron chi connectivity index (χ0n) is 22.6. The summed E-state index contributed by atoms with van der Waals surface area (Å²) in [5.41, 5.74) is 1.42. The number of benzene rings is 2. The fourth-order valence-electron chi connectivity index (χ4n) is 4.60. The fraction of sp³-hybridized carbons (Fsp3) is 0.207. The Morgan fingerprint density at radius 2 is 1.90 bits per heavy atom. The minimum absolute atomic E-state index is 0.0265. The summed E-state index contributed by atoms with van der Waals surface area (Å²) in [7, 11) is 3.04. The van der Waals surface area contributed by atoms with Crippen molar-refractivity contribution in [2.45, 2.75) is 19.9 Å². The van der Waals surface area contributed by atoms with Crippen LogP contribution in [0.5, 0.6) is 11.5 Å². The number of nitrogens with zero attached hydrogens (tertiary/aromatic N) is 3. The van der Waals surface area contributed by atoms with Gasteiger partial charge in [-0.2, -0.15) is 0 Å². The third-order valence-corrected chi connectivity index (χ3v) is 7.49. The zero-order valence-corrected chi connectivity index (χ0v) is 23.4. The minimum Gasteiger partial charge on any atom is -0.497 e. The summed E-state index contributed by atoms with van der Waals surface area (Å²) >= 11 is 1.15. The number of nitro benzene ring substituents is 1. The number of carbonyl (C=O) groups excluding carboxylic acids is 1. The average molecular weight is 576 g/mol. The van der Waals surface area contributed by atoms with Crippen LogP contribution in [-0.4, -0.2) is 36.3 Å². The summed E-state index contributed by atoms with van der Waals surface area (Å²) in [6, 6.07) is 13.7. The van der Waals surface area contributed by atoms with Crippen molar-refractivity contribution in [2.75, 3.05) is 20.8 Å². The maximum absolute atomic E-state index is 13.9. The molecule has 0 fully saturated rings.